The van der Waals surface area contributed by atoms with Crippen molar-refractivity contribution in [2.75, 3.05) is 18.0 Å². The van der Waals surface area contributed by atoms with E-state index in [1.54, 1.807) is 6.07 Å². The van der Waals surface area contributed by atoms with Gasteiger partial charge in [-0.1, -0.05) is 20.8 Å². The van der Waals surface area contributed by atoms with Crippen molar-refractivity contribution in [1.82, 2.24) is 0 Å². The summed E-state index contributed by atoms with van der Waals surface area (Å²) in [5, 5.41) is 0. The highest BCUT2D eigenvalue weighted by molar-refractivity contribution is 5.54. The fourth-order valence-electron chi connectivity index (χ4n) is 2.71. The molecule has 1 saturated heterocycles. The Morgan fingerprint density at radius 2 is 2.11 bits per heavy atom. The van der Waals surface area contributed by atoms with Crippen molar-refractivity contribution >= 4 is 5.69 Å². The lowest BCUT2D eigenvalue weighted by Crippen LogP contribution is -2.26. The van der Waals surface area contributed by atoms with Crippen LogP contribution >= 0.6 is 0 Å². The summed E-state index contributed by atoms with van der Waals surface area (Å²) in [6.07, 6.45) is 1.20. The summed E-state index contributed by atoms with van der Waals surface area (Å²) < 4.78 is 13.2. The molecule has 0 radical (unpaired) electrons. The van der Waals surface area contributed by atoms with Crippen molar-refractivity contribution in [1.29, 1.82) is 0 Å². The van der Waals surface area contributed by atoms with Crippen LogP contribution in [-0.4, -0.2) is 13.1 Å². The van der Waals surface area contributed by atoms with Gasteiger partial charge in [-0.05, 0) is 41.5 Å². The molecule has 100 valence electrons. The van der Waals surface area contributed by atoms with Crippen LogP contribution < -0.4 is 10.6 Å². The Kier molecular flexibility index (Phi) is 3.62. The molecule has 1 unspecified atom stereocenters. The summed E-state index contributed by atoms with van der Waals surface area (Å²) in [5.41, 5.74) is 8.05. The molecule has 1 heterocycles. The fourth-order valence-corrected chi connectivity index (χ4v) is 2.71. The van der Waals surface area contributed by atoms with Crippen LogP contribution in [0.2, 0.25) is 0 Å². The number of nitrogens with two attached hydrogens (primary N) is 1. The number of nitrogens with zero attached hydrogens (tertiary/aromatic N) is 1. The third kappa shape index (κ3) is 2.66. The Balaban J connectivity index is 2.19. The summed E-state index contributed by atoms with van der Waals surface area (Å²) in [4.78, 5) is 2.34. The molecule has 0 aromatic heterocycles. The van der Waals surface area contributed by atoms with Crippen LogP contribution in [0.5, 0.6) is 0 Å². The van der Waals surface area contributed by atoms with Gasteiger partial charge in [-0.2, -0.15) is 0 Å². The zero-order chi connectivity index (χ0) is 13.3. The van der Waals surface area contributed by atoms with Crippen molar-refractivity contribution < 1.29 is 4.39 Å². The minimum atomic E-state index is -0.203. The molecule has 2 nitrogen and oxygen atoms in total. The summed E-state index contributed by atoms with van der Waals surface area (Å²) in [6, 6.07) is 4.95. The molecule has 1 atom stereocenters. The number of hydrogen-bond donors (Lipinski definition) is 1. The maximum absolute atomic E-state index is 13.2. The summed E-state index contributed by atoms with van der Waals surface area (Å²) in [5.74, 6) is 0.485. The molecule has 2 N–H and O–H groups in total. The summed E-state index contributed by atoms with van der Waals surface area (Å²) in [7, 11) is 0. The lowest BCUT2D eigenvalue weighted by molar-refractivity contribution is 0.263. The second kappa shape index (κ2) is 4.88. The maximum Gasteiger partial charge on any atom is 0.123 e. The highest BCUT2D eigenvalue weighted by Crippen LogP contribution is 2.36. The van der Waals surface area contributed by atoms with Gasteiger partial charge in [-0.15, -0.1) is 0 Å². The largest absolute Gasteiger partial charge is 0.371 e. The average Bonchev–Trinajstić information content (AvgIpc) is 2.77. The first-order chi connectivity index (χ1) is 8.41. The van der Waals surface area contributed by atoms with Crippen LogP contribution in [0.3, 0.4) is 0 Å². The number of anilines is 1. The second-order valence-corrected chi connectivity index (χ2v) is 6.27. The number of hydrogen-bond acceptors (Lipinski definition) is 2. The van der Waals surface area contributed by atoms with Gasteiger partial charge in [0, 0.05) is 25.3 Å². The van der Waals surface area contributed by atoms with Crippen molar-refractivity contribution in [2.24, 2.45) is 17.1 Å². The molecule has 0 saturated carbocycles. The molecule has 0 spiro atoms. The van der Waals surface area contributed by atoms with Gasteiger partial charge in [0.25, 0.3) is 0 Å². The van der Waals surface area contributed by atoms with E-state index >= 15 is 0 Å². The molecule has 1 aromatic carbocycles. The molecule has 0 amide bonds. The van der Waals surface area contributed by atoms with Crippen LogP contribution in [0.25, 0.3) is 0 Å². The first kappa shape index (κ1) is 13.3. The molecule has 0 bridgehead atoms. The smallest absolute Gasteiger partial charge is 0.123 e. The topological polar surface area (TPSA) is 29.3 Å². The molecule has 2 rings (SSSR count). The van der Waals surface area contributed by atoms with Gasteiger partial charge in [-0.3, -0.25) is 0 Å². The Hall–Kier alpha value is -1.09. The van der Waals surface area contributed by atoms with Crippen LogP contribution in [-0.2, 0) is 6.54 Å². The number of halogens is 1. The third-order valence-electron chi connectivity index (χ3n) is 4.02. The molecule has 3 heteroatoms. The first-order valence-electron chi connectivity index (χ1n) is 6.65. The Bertz CT molecular complexity index is 423. The molecular weight excluding hydrogens is 227 g/mol. The monoisotopic (exact) mass is 250 g/mol. The standard InChI is InChI=1S/C15H23FN2/c1-15(2,3)12-6-7-18(10-12)14-5-4-13(16)8-11(14)9-17/h4-5,8,12H,6-7,9-10,17H2,1-3H3. The van der Waals surface area contributed by atoms with Gasteiger partial charge in [0.1, 0.15) is 5.82 Å². The van der Waals surface area contributed by atoms with Crippen molar-refractivity contribution in [3.8, 4) is 0 Å². The van der Waals surface area contributed by atoms with Gasteiger partial charge < -0.3 is 10.6 Å². The molecule has 0 aliphatic carbocycles. The predicted molar refractivity (Wildman–Crippen MR) is 74.1 cm³/mol. The normalized spacial score (nSPS) is 20.5. The zero-order valence-electron chi connectivity index (χ0n) is 11.5. The molecule has 1 aliphatic rings. The summed E-state index contributed by atoms with van der Waals surface area (Å²) in [6.45, 7) is 9.34. The van der Waals surface area contributed by atoms with E-state index in [1.165, 1.54) is 12.5 Å². The van der Waals surface area contributed by atoms with E-state index in [0.717, 1.165) is 24.3 Å². The molecule has 1 fully saturated rings. The van der Waals surface area contributed by atoms with Gasteiger partial charge in [0.05, 0.1) is 0 Å². The highest BCUT2D eigenvalue weighted by atomic mass is 19.1. The molecule has 1 aromatic rings. The predicted octanol–water partition coefficient (Wildman–Crippen LogP) is 3.16. The number of benzene rings is 1. The SMILES string of the molecule is CC(C)(C)C1CCN(c2ccc(F)cc2CN)C1. The minimum Gasteiger partial charge on any atom is -0.371 e. The Labute approximate surface area is 109 Å². The van der Waals surface area contributed by atoms with Gasteiger partial charge in [0.15, 0.2) is 0 Å². The fraction of sp³-hybridized carbons (Fsp3) is 0.600. The van der Waals surface area contributed by atoms with E-state index in [1.807, 2.05) is 6.07 Å². The van der Waals surface area contributed by atoms with E-state index in [4.69, 9.17) is 5.73 Å². The van der Waals surface area contributed by atoms with E-state index < -0.39 is 0 Å². The molecule has 18 heavy (non-hydrogen) atoms. The van der Waals surface area contributed by atoms with Crippen molar-refractivity contribution in [3.63, 3.8) is 0 Å². The Morgan fingerprint density at radius 3 is 2.67 bits per heavy atom. The zero-order valence-corrected chi connectivity index (χ0v) is 11.5. The van der Waals surface area contributed by atoms with E-state index in [2.05, 4.69) is 25.7 Å². The minimum absolute atomic E-state index is 0.203. The van der Waals surface area contributed by atoms with E-state index in [0.29, 0.717) is 17.9 Å². The quantitative estimate of drug-likeness (QED) is 0.873. The van der Waals surface area contributed by atoms with Gasteiger partial charge in [0.2, 0.25) is 0 Å². The first-order valence-corrected chi connectivity index (χ1v) is 6.65. The van der Waals surface area contributed by atoms with Crippen LogP contribution in [0, 0.1) is 17.2 Å². The third-order valence-corrected chi connectivity index (χ3v) is 4.02. The lowest BCUT2D eigenvalue weighted by atomic mass is 9.80. The van der Waals surface area contributed by atoms with E-state index in [9.17, 15) is 4.39 Å². The molecule has 1 aliphatic heterocycles. The van der Waals surface area contributed by atoms with Crippen molar-refractivity contribution in [3.05, 3.63) is 29.6 Å². The van der Waals surface area contributed by atoms with Crippen molar-refractivity contribution in [2.45, 2.75) is 33.7 Å². The maximum atomic E-state index is 13.2. The average molecular weight is 250 g/mol. The number of rotatable bonds is 2. The van der Waals surface area contributed by atoms with E-state index in [-0.39, 0.29) is 5.82 Å². The lowest BCUT2D eigenvalue weighted by Gasteiger charge is -2.28. The highest BCUT2D eigenvalue weighted by Gasteiger charge is 2.32. The Morgan fingerprint density at radius 1 is 1.39 bits per heavy atom. The second-order valence-electron chi connectivity index (χ2n) is 6.27. The van der Waals surface area contributed by atoms with Gasteiger partial charge in [-0.25, -0.2) is 4.39 Å². The van der Waals surface area contributed by atoms with Gasteiger partial charge >= 0.3 is 0 Å². The molecular formula is C15H23FN2. The van der Waals surface area contributed by atoms with Crippen LogP contribution in [0.1, 0.15) is 32.8 Å². The van der Waals surface area contributed by atoms with Crippen LogP contribution in [0.15, 0.2) is 18.2 Å². The van der Waals surface area contributed by atoms with Crippen LogP contribution in [0.4, 0.5) is 10.1 Å². The summed E-state index contributed by atoms with van der Waals surface area (Å²) >= 11 is 0.